The van der Waals surface area contributed by atoms with Gasteiger partial charge in [-0.2, -0.15) is 0 Å². The first-order valence-electron chi connectivity index (χ1n) is 8.84. The van der Waals surface area contributed by atoms with Crippen LogP contribution in [0.15, 0.2) is 53.0 Å². The minimum Gasteiger partial charge on any atom is -0.335 e. The van der Waals surface area contributed by atoms with Gasteiger partial charge in [-0.25, -0.2) is 0 Å². The number of carbonyl (C=O) groups is 3. The minimum atomic E-state index is -0.518. The Morgan fingerprint density at radius 1 is 1.00 bits per heavy atom. The molecule has 3 rings (SSSR count). The van der Waals surface area contributed by atoms with Gasteiger partial charge >= 0.3 is 0 Å². The number of rotatable bonds is 3. The SMILES string of the molecule is Cc1cc(C(=O)C(=O)N2CCN(C(=O)c3ccccc3)CC2C)ccc1Br. The Kier molecular flexibility index (Phi) is 5.75. The van der Waals surface area contributed by atoms with Gasteiger partial charge in [0.1, 0.15) is 0 Å². The van der Waals surface area contributed by atoms with E-state index in [-0.39, 0.29) is 11.9 Å². The molecular formula is C21H21BrN2O3. The van der Waals surface area contributed by atoms with Crippen molar-refractivity contribution in [1.29, 1.82) is 0 Å². The molecule has 140 valence electrons. The summed E-state index contributed by atoms with van der Waals surface area (Å²) in [7, 11) is 0. The van der Waals surface area contributed by atoms with Crippen molar-refractivity contribution >= 4 is 33.5 Å². The molecule has 0 aliphatic carbocycles. The number of hydrogen-bond donors (Lipinski definition) is 0. The van der Waals surface area contributed by atoms with Crippen LogP contribution in [0.3, 0.4) is 0 Å². The van der Waals surface area contributed by atoms with Gasteiger partial charge in [-0.1, -0.05) is 34.1 Å². The molecule has 2 aromatic rings. The van der Waals surface area contributed by atoms with Gasteiger partial charge in [0, 0.05) is 41.3 Å². The van der Waals surface area contributed by atoms with Crippen molar-refractivity contribution in [2.45, 2.75) is 19.9 Å². The predicted molar refractivity (Wildman–Crippen MR) is 107 cm³/mol. The van der Waals surface area contributed by atoms with Crippen molar-refractivity contribution < 1.29 is 14.4 Å². The van der Waals surface area contributed by atoms with E-state index in [1.54, 1.807) is 40.1 Å². The van der Waals surface area contributed by atoms with Gasteiger partial charge in [-0.3, -0.25) is 14.4 Å². The Hall–Kier alpha value is -2.47. The summed E-state index contributed by atoms with van der Waals surface area (Å²) < 4.78 is 0.896. The number of halogens is 1. The Morgan fingerprint density at radius 3 is 2.33 bits per heavy atom. The van der Waals surface area contributed by atoms with Crippen molar-refractivity contribution in [1.82, 2.24) is 9.80 Å². The van der Waals surface area contributed by atoms with Gasteiger partial charge in [-0.15, -0.1) is 0 Å². The highest BCUT2D eigenvalue weighted by atomic mass is 79.9. The largest absolute Gasteiger partial charge is 0.335 e. The summed E-state index contributed by atoms with van der Waals surface area (Å²) in [6, 6.07) is 14.0. The van der Waals surface area contributed by atoms with Crippen LogP contribution in [0.1, 0.15) is 33.2 Å². The van der Waals surface area contributed by atoms with Crippen LogP contribution in [-0.2, 0) is 4.79 Å². The van der Waals surface area contributed by atoms with E-state index in [1.165, 1.54) is 0 Å². The molecule has 1 atom stereocenters. The van der Waals surface area contributed by atoms with Crippen LogP contribution in [-0.4, -0.2) is 53.1 Å². The maximum atomic E-state index is 12.7. The molecular weight excluding hydrogens is 408 g/mol. The second-order valence-electron chi connectivity index (χ2n) is 6.76. The molecule has 1 saturated heterocycles. The Balaban J connectivity index is 1.68. The first-order chi connectivity index (χ1) is 12.9. The van der Waals surface area contributed by atoms with E-state index in [4.69, 9.17) is 0 Å². The summed E-state index contributed by atoms with van der Waals surface area (Å²) in [6.07, 6.45) is 0. The molecule has 0 aromatic heterocycles. The molecule has 2 aromatic carbocycles. The molecule has 6 heteroatoms. The number of Topliss-reactive ketones (excluding diaryl/α,β-unsaturated/α-hetero) is 1. The third-order valence-electron chi connectivity index (χ3n) is 4.81. The molecule has 0 bridgehead atoms. The molecule has 0 radical (unpaired) electrons. The number of amides is 2. The highest BCUT2D eigenvalue weighted by Crippen LogP contribution is 2.19. The third kappa shape index (κ3) is 4.11. The van der Waals surface area contributed by atoms with Crippen LogP contribution in [0.4, 0.5) is 0 Å². The van der Waals surface area contributed by atoms with E-state index in [0.717, 1.165) is 10.0 Å². The summed E-state index contributed by atoms with van der Waals surface area (Å²) in [5.41, 5.74) is 1.92. The monoisotopic (exact) mass is 428 g/mol. The Labute approximate surface area is 167 Å². The van der Waals surface area contributed by atoms with Gasteiger partial charge in [-0.05, 0) is 49.7 Å². The van der Waals surface area contributed by atoms with Crippen molar-refractivity contribution in [2.75, 3.05) is 19.6 Å². The van der Waals surface area contributed by atoms with Crippen LogP contribution in [0, 0.1) is 6.92 Å². The summed E-state index contributed by atoms with van der Waals surface area (Å²) in [6.45, 7) is 4.91. The number of carbonyl (C=O) groups excluding carboxylic acids is 3. The van der Waals surface area contributed by atoms with Crippen molar-refractivity contribution in [3.05, 3.63) is 69.7 Å². The summed E-state index contributed by atoms with van der Waals surface area (Å²) in [5, 5.41) is 0. The molecule has 1 heterocycles. The summed E-state index contributed by atoms with van der Waals surface area (Å²) in [4.78, 5) is 41.2. The fraction of sp³-hybridized carbons (Fsp3) is 0.286. The van der Waals surface area contributed by atoms with Gasteiger partial charge in [0.05, 0.1) is 0 Å². The fourth-order valence-electron chi connectivity index (χ4n) is 3.25. The highest BCUT2D eigenvalue weighted by Gasteiger charge is 2.33. The van der Waals surface area contributed by atoms with Crippen molar-refractivity contribution in [3.8, 4) is 0 Å². The lowest BCUT2D eigenvalue weighted by Gasteiger charge is -2.39. The molecule has 1 aliphatic rings. The quantitative estimate of drug-likeness (QED) is 0.556. The summed E-state index contributed by atoms with van der Waals surface area (Å²) >= 11 is 3.40. The zero-order chi connectivity index (χ0) is 19.6. The zero-order valence-corrected chi connectivity index (χ0v) is 16.9. The number of benzene rings is 2. The molecule has 2 amide bonds. The van der Waals surface area contributed by atoms with Crippen molar-refractivity contribution in [3.63, 3.8) is 0 Å². The number of nitrogens with zero attached hydrogens (tertiary/aromatic N) is 2. The average Bonchev–Trinajstić information content (AvgIpc) is 2.69. The first kappa shape index (κ1) is 19.3. The number of hydrogen-bond acceptors (Lipinski definition) is 3. The highest BCUT2D eigenvalue weighted by molar-refractivity contribution is 9.10. The van der Waals surface area contributed by atoms with Gasteiger partial charge < -0.3 is 9.80 Å². The third-order valence-corrected chi connectivity index (χ3v) is 5.70. The first-order valence-corrected chi connectivity index (χ1v) is 9.63. The van der Waals surface area contributed by atoms with E-state index in [1.807, 2.05) is 32.0 Å². The van der Waals surface area contributed by atoms with E-state index >= 15 is 0 Å². The molecule has 0 N–H and O–H groups in total. The van der Waals surface area contributed by atoms with Gasteiger partial charge in [0.15, 0.2) is 0 Å². The molecule has 1 unspecified atom stereocenters. The predicted octanol–water partition coefficient (Wildman–Crippen LogP) is 3.31. The Morgan fingerprint density at radius 2 is 1.70 bits per heavy atom. The van der Waals surface area contributed by atoms with Crippen LogP contribution < -0.4 is 0 Å². The van der Waals surface area contributed by atoms with E-state index in [0.29, 0.717) is 30.8 Å². The lowest BCUT2D eigenvalue weighted by molar-refractivity contribution is -0.130. The minimum absolute atomic E-state index is 0.0515. The molecule has 0 saturated carbocycles. The van der Waals surface area contributed by atoms with E-state index in [9.17, 15) is 14.4 Å². The van der Waals surface area contributed by atoms with Gasteiger partial charge in [0.2, 0.25) is 5.78 Å². The second kappa shape index (κ2) is 8.05. The second-order valence-corrected chi connectivity index (χ2v) is 7.61. The smallest absolute Gasteiger partial charge is 0.295 e. The maximum absolute atomic E-state index is 12.7. The zero-order valence-electron chi connectivity index (χ0n) is 15.3. The standard InChI is InChI=1S/C21H21BrN2O3/c1-14-12-17(8-9-18(14)22)19(25)21(27)24-11-10-23(13-15(24)2)20(26)16-6-4-3-5-7-16/h3-9,12,15H,10-11,13H2,1-2H3. The Bertz CT molecular complexity index is 882. The lowest BCUT2D eigenvalue weighted by atomic mass is 10.1. The van der Waals surface area contributed by atoms with E-state index in [2.05, 4.69) is 15.9 Å². The fourth-order valence-corrected chi connectivity index (χ4v) is 3.49. The van der Waals surface area contributed by atoms with Crippen LogP contribution >= 0.6 is 15.9 Å². The normalized spacial score (nSPS) is 16.9. The topological polar surface area (TPSA) is 57.7 Å². The van der Waals surface area contributed by atoms with Crippen molar-refractivity contribution in [2.24, 2.45) is 0 Å². The lowest BCUT2D eigenvalue weighted by Crippen LogP contribution is -2.56. The van der Waals surface area contributed by atoms with Crippen LogP contribution in [0.2, 0.25) is 0 Å². The molecule has 1 aliphatic heterocycles. The number of ketones is 1. The van der Waals surface area contributed by atoms with E-state index < -0.39 is 11.7 Å². The molecule has 27 heavy (non-hydrogen) atoms. The molecule has 0 spiro atoms. The number of piperazine rings is 1. The number of aryl methyl sites for hydroxylation is 1. The average molecular weight is 429 g/mol. The maximum Gasteiger partial charge on any atom is 0.295 e. The van der Waals surface area contributed by atoms with Crippen LogP contribution in [0.25, 0.3) is 0 Å². The molecule has 5 nitrogen and oxygen atoms in total. The van der Waals surface area contributed by atoms with Crippen LogP contribution in [0.5, 0.6) is 0 Å². The summed E-state index contributed by atoms with van der Waals surface area (Å²) in [5.74, 6) is -1.08. The molecule has 1 fully saturated rings. The van der Waals surface area contributed by atoms with Gasteiger partial charge in [0.25, 0.3) is 11.8 Å².